The van der Waals surface area contributed by atoms with Crippen LogP contribution >= 0.6 is 11.6 Å². The smallest absolute Gasteiger partial charge is 0.309 e. The van der Waals surface area contributed by atoms with Gasteiger partial charge in [0.15, 0.2) is 0 Å². The quantitative estimate of drug-likeness (QED) is 0.927. The van der Waals surface area contributed by atoms with Gasteiger partial charge < -0.3 is 9.67 Å². The summed E-state index contributed by atoms with van der Waals surface area (Å²) >= 11 is 6.08. The minimum atomic E-state index is -0.887. The Morgan fingerprint density at radius 1 is 1.44 bits per heavy atom. The number of rotatable bonds is 3. The first kappa shape index (κ1) is 12.6. The molecule has 0 aliphatic carbocycles. The molecule has 1 heterocycles. The molecule has 0 aliphatic rings. The molecule has 94 valence electrons. The third kappa shape index (κ3) is 2.38. The SMILES string of the molecule is Cc1c(Cl)cccc1-n1cc(CC(=O)O)nc1C. The highest BCUT2D eigenvalue weighted by Crippen LogP contribution is 2.23. The molecule has 5 heteroatoms. The molecule has 0 saturated carbocycles. The number of hydrogen-bond donors (Lipinski definition) is 1. The van der Waals surface area contributed by atoms with E-state index in [0.29, 0.717) is 10.7 Å². The predicted octanol–water partition coefficient (Wildman–Crippen LogP) is 2.77. The highest BCUT2D eigenvalue weighted by atomic mass is 35.5. The fourth-order valence-corrected chi connectivity index (χ4v) is 2.04. The Kier molecular flexibility index (Phi) is 3.39. The zero-order valence-electron chi connectivity index (χ0n) is 10.1. The summed E-state index contributed by atoms with van der Waals surface area (Å²) in [6, 6.07) is 5.62. The molecule has 1 N–H and O–H groups in total. The molecular formula is C13H13ClN2O2. The van der Waals surface area contributed by atoms with E-state index in [-0.39, 0.29) is 6.42 Å². The maximum Gasteiger partial charge on any atom is 0.309 e. The second-order valence-corrected chi connectivity index (χ2v) is 4.51. The summed E-state index contributed by atoms with van der Waals surface area (Å²) in [7, 11) is 0. The number of nitrogens with zero attached hydrogens (tertiary/aromatic N) is 2. The van der Waals surface area contributed by atoms with Crippen molar-refractivity contribution in [3.05, 3.63) is 46.5 Å². The second kappa shape index (κ2) is 4.82. The van der Waals surface area contributed by atoms with E-state index in [4.69, 9.17) is 16.7 Å². The Bertz CT molecular complexity index is 605. The average molecular weight is 265 g/mol. The van der Waals surface area contributed by atoms with Gasteiger partial charge in [-0.15, -0.1) is 0 Å². The van der Waals surface area contributed by atoms with Crippen LogP contribution in [0.2, 0.25) is 5.02 Å². The largest absolute Gasteiger partial charge is 0.481 e. The van der Waals surface area contributed by atoms with E-state index in [9.17, 15) is 4.79 Å². The van der Waals surface area contributed by atoms with Crippen molar-refractivity contribution in [1.82, 2.24) is 9.55 Å². The third-order valence-electron chi connectivity index (χ3n) is 2.76. The Morgan fingerprint density at radius 3 is 2.83 bits per heavy atom. The van der Waals surface area contributed by atoms with Crippen LogP contribution in [0.1, 0.15) is 17.1 Å². The van der Waals surface area contributed by atoms with Gasteiger partial charge in [0, 0.05) is 11.2 Å². The molecule has 0 amide bonds. The van der Waals surface area contributed by atoms with E-state index in [2.05, 4.69) is 4.98 Å². The molecule has 0 unspecified atom stereocenters. The fraction of sp³-hybridized carbons (Fsp3) is 0.231. The maximum absolute atomic E-state index is 10.7. The van der Waals surface area contributed by atoms with Crippen LogP contribution in [0, 0.1) is 13.8 Å². The van der Waals surface area contributed by atoms with Crippen molar-refractivity contribution >= 4 is 17.6 Å². The molecule has 1 aromatic heterocycles. The Balaban J connectivity index is 2.48. The van der Waals surface area contributed by atoms with E-state index < -0.39 is 5.97 Å². The molecule has 0 saturated heterocycles. The molecule has 1 aromatic carbocycles. The van der Waals surface area contributed by atoms with E-state index in [1.54, 1.807) is 6.20 Å². The minimum absolute atomic E-state index is 0.0759. The zero-order chi connectivity index (χ0) is 13.3. The van der Waals surface area contributed by atoms with Gasteiger partial charge in [0.25, 0.3) is 0 Å². The monoisotopic (exact) mass is 264 g/mol. The van der Waals surface area contributed by atoms with Gasteiger partial charge >= 0.3 is 5.97 Å². The van der Waals surface area contributed by atoms with Crippen molar-refractivity contribution in [3.8, 4) is 5.69 Å². The van der Waals surface area contributed by atoms with Crippen molar-refractivity contribution in [2.24, 2.45) is 0 Å². The van der Waals surface area contributed by atoms with Crippen LogP contribution in [-0.2, 0) is 11.2 Å². The minimum Gasteiger partial charge on any atom is -0.481 e. The lowest BCUT2D eigenvalue weighted by Gasteiger charge is -2.09. The number of carboxylic acids is 1. The van der Waals surface area contributed by atoms with Crippen molar-refractivity contribution in [1.29, 1.82) is 0 Å². The molecule has 2 rings (SSSR count). The Morgan fingerprint density at radius 2 is 2.17 bits per heavy atom. The molecule has 0 fully saturated rings. The van der Waals surface area contributed by atoms with Gasteiger partial charge in [0.2, 0.25) is 0 Å². The predicted molar refractivity (Wildman–Crippen MR) is 69.4 cm³/mol. The van der Waals surface area contributed by atoms with Gasteiger partial charge in [-0.25, -0.2) is 4.98 Å². The molecule has 0 bridgehead atoms. The first-order valence-electron chi connectivity index (χ1n) is 5.51. The van der Waals surface area contributed by atoms with Gasteiger partial charge in [-0.3, -0.25) is 4.79 Å². The first-order valence-corrected chi connectivity index (χ1v) is 5.89. The molecule has 18 heavy (non-hydrogen) atoms. The number of aromatic nitrogens is 2. The molecule has 0 radical (unpaired) electrons. The number of aliphatic carboxylic acids is 1. The van der Waals surface area contributed by atoms with E-state index in [0.717, 1.165) is 17.1 Å². The summed E-state index contributed by atoms with van der Waals surface area (Å²) in [5.41, 5.74) is 2.41. The zero-order valence-corrected chi connectivity index (χ0v) is 10.9. The number of imidazole rings is 1. The average Bonchev–Trinajstić information content (AvgIpc) is 2.62. The molecule has 0 atom stereocenters. The Labute approximate surface area is 110 Å². The standard InChI is InChI=1S/C13H13ClN2O2/c1-8-11(14)4-3-5-12(8)16-7-10(6-13(17)18)15-9(16)2/h3-5,7H,6H2,1-2H3,(H,17,18). The highest BCUT2D eigenvalue weighted by Gasteiger charge is 2.11. The number of benzene rings is 1. The van der Waals surface area contributed by atoms with Crippen molar-refractivity contribution in [2.75, 3.05) is 0 Å². The highest BCUT2D eigenvalue weighted by molar-refractivity contribution is 6.31. The van der Waals surface area contributed by atoms with E-state index in [1.165, 1.54) is 0 Å². The van der Waals surface area contributed by atoms with Crippen LogP contribution in [0.5, 0.6) is 0 Å². The normalized spacial score (nSPS) is 10.6. The molecule has 4 nitrogen and oxygen atoms in total. The van der Waals surface area contributed by atoms with E-state index in [1.807, 2.05) is 36.6 Å². The molecule has 2 aromatic rings. The lowest BCUT2D eigenvalue weighted by Crippen LogP contribution is -2.00. The maximum atomic E-state index is 10.7. The summed E-state index contributed by atoms with van der Waals surface area (Å²) in [5.74, 6) is -0.140. The number of aryl methyl sites for hydroxylation is 1. The number of hydrogen-bond acceptors (Lipinski definition) is 2. The van der Waals surface area contributed by atoms with Crippen molar-refractivity contribution in [3.63, 3.8) is 0 Å². The lowest BCUT2D eigenvalue weighted by atomic mass is 10.2. The fourth-order valence-electron chi connectivity index (χ4n) is 1.87. The van der Waals surface area contributed by atoms with Crippen LogP contribution in [0.4, 0.5) is 0 Å². The van der Waals surface area contributed by atoms with Crippen LogP contribution in [-0.4, -0.2) is 20.6 Å². The van der Waals surface area contributed by atoms with Gasteiger partial charge in [0.1, 0.15) is 5.82 Å². The lowest BCUT2D eigenvalue weighted by molar-refractivity contribution is -0.136. The first-order chi connectivity index (χ1) is 8.49. The van der Waals surface area contributed by atoms with Gasteiger partial charge in [-0.05, 0) is 31.5 Å². The van der Waals surface area contributed by atoms with Gasteiger partial charge in [-0.1, -0.05) is 17.7 Å². The van der Waals surface area contributed by atoms with E-state index >= 15 is 0 Å². The number of carbonyl (C=O) groups is 1. The van der Waals surface area contributed by atoms with Crippen LogP contribution in [0.25, 0.3) is 5.69 Å². The summed E-state index contributed by atoms with van der Waals surface area (Å²) < 4.78 is 1.86. The summed E-state index contributed by atoms with van der Waals surface area (Å²) in [6.07, 6.45) is 1.66. The molecular weight excluding hydrogens is 252 g/mol. The van der Waals surface area contributed by atoms with Crippen LogP contribution < -0.4 is 0 Å². The van der Waals surface area contributed by atoms with Crippen molar-refractivity contribution < 1.29 is 9.90 Å². The summed E-state index contributed by atoms with van der Waals surface area (Å²) in [6.45, 7) is 3.76. The Hall–Kier alpha value is -1.81. The molecule has 0 aliphatic heterocycles. The second-order valence-electron chi connectivity index (χ2n) is 4.10. The summed E-state index contributed by atoms with van der Waals surface area (Å²) in [4.78, 5) is 14.9. The van der Waals surface area contributed by atoms with Crippen molar-refractivity contribution in [2.45, 2.75) is 20.3 Å². The molecule has 0 spiro atoms. The number of halogens is 1. The van der Waals surface area contributed by atoms with Gasteiger partial charge in [0.05, 0.1) is 17.8 Å². The third-order valence-corrected chi connectivity index (χ3v) is 3.17. The topological polar surface area (TPSA) is 55.1 Å². The van der Waals surface area contributed by atoms with Crippen LogP contribution in [0.3, 0.4) is 0 Å². The van der Waals surface area contributed by atoms with Crippen LogP contribution in [0.15, 0.2) is 24.4 Å². The number of carboxylic acid groups (broad SMARTS) is 1. The summed E-state index contributed by atoms with van der Waals surface area (Å²) in [5, 5.41) is 9.45. The van der Waals surface area contributed by atoms with Gasteiger partial charge in [-0.2, -0.15) is 0 Å².